The molecule has 8 heteroatoms. The van der Waals surface area contributed by atoms with Crippen LogP contribution in [0.4, 0.5) is 8.78 Å². The lowest BCUT2D eigenvalue weighted by atomic mass is 9.98. The van der Waals surface area contributed by atoms with Crippen LogP contribution in [-0.2, 0) is 0 Å². The Kier molecular flexibility index (Phi) is 3.53. The van der Waals surface area contributed by atoms with Crippen molar-refractivity contribution in [3.8, 4) is 5.95 Å². The zero-order valence-corrected chi connectivity index (χ0v) is 12.2. The maximum Gasteiger partial charge on any atom is 0.291 e. The molecular weight excluding hydrogens is 304 g/mol. The number of nitrogens with one attached hydrogen (secondary N) is 1. The average molecular weight is 319 g/mol. The molecular formula is C15H15F2N5O. The molecule has 1 fully saturated rings. The summed E-state index contributed by atoms with van der Waals surface area (Å²) in [5.41, 5.74) is 0.272. The highest BCUT2D eigenvalue weighted by Gasteiger charge is 2.24. The van der Waals surface area contributed by atoms with Gasteiger partial charge in [-0.1, -0.05) is 18.2 Å². The number of benzene rings is 1. The van der Waals surface area contributed by atoms with E-state index in [-0.39, 0.29) is 17.6 Å². The summed E-state index contributed by atoms with van der Waals surface area (Å²) >= 11 is 0. The maximum absolute atomic E-state index is 13.2. The van der Waals surface area contributed by atoms with Crippen molar-refractivity contribution in [2.45, 2.75) is 25.2 Å². The molecule has 0 radical (unpaired) electrons. The molecule has 23 heavy (non-hydrogen) atoms. The molecule has 0 bridgehead atoms. The summed E-state index contributed by atoms with van der Waals surface area (Å²) in [5.74, 6) is 0.940. The molecule has 1 aliphatic rings. The van der Waals surface area contributed by atoms with E-state index in [0.29, 0.717) is 16.8 Å². The molecule has 0 unspecified atom stereocenters. The number of hydrogen-bond acceptors (Lipinski definition) is 5. The first-order valence-electron chi connectivity index (χ1n) is 7.54. The third kappa shape index (κ3) is 2.48. The first kappa shape index (κ1) is 14.3. The molecule has 0 atom stereocenters. The molecule has 120 valence electrons. The van der Waals surface area contributed by atoms with Crippen molar-refractivity contribution >= 4 is 10.9 Å². The molecule has 0 amide bonds. The molecule has 1 N–H and O–H groups in total. The van der Waals surface area contributed by atoms with Crippen molar-refractivity contribution in [3.63, 3.8) is 0 Å². The van der Waals surface area contributed by atoms with Crippen LogP contribution < -0.4 is 5.32 Å². The molecule has 1 aromatic carbocycles. The summed E-state index contributed by atoms with van der Waals surface area (Å²) in [4.78, 5) is 4.38. The molecule has 0 spiro atoms. The number of piperidine rings is 1. The molecule has 3 aromatic rings. The monoisotopic (exact) mass is 319 g/mol. The Hall–Kier alpha value is -2.35. The van der Waals surface area contributed by atoms with Gasteiger partial charge in [-0.05, 0) is 37.2 Å². The normalized spacial score (nSPS) is 16.5. The number of nitrogens with zero attached hydrogens (tertiary/aromatic N) is 4. The predicted molar refractivity (Wildman–Crippen MR) is 78.7 cm³/mol. The second-order valence-corrected chi connectivity index (χ2v) is 5.57. The zero-order chi connectivity index (χ0) is 15.8. The second-order valence-electron chi connectivity index (χ2n) is 5.57. The van der Waals surface area contributed by atoms with E-state index >= 15 is 0 Å². The lowest BCUT2D eigenvalue weighted by molar-refractivity contribution is 0.147. The Morgan fingerprint density at radius 3 is 2.78 bits per heavy atom. The van der Waals surface area contributed by atoms with Crippen molar-refractivity contribution in [1.29, 1.82) is 0 Å². The molecule has 6 nitrogen and oxygen atoms in total. The largest absolute Gasteiger partial charge is 0.337 e. The summed E-state index contributed by atoms with van der Waals surface area (Å²) in [5, 5.41) is 11.6. The van der Waals surface area contributed by atoms with E-state index in [4.69, 9.17) is 4.52 Å². The fourth-order valence-electron chi connectivity index (χ4n) is 2.95. The summed E-state index contributed by atoms with van der Waals surface area (Å²) in [7, 11) is 0. The lowest BCUT2D eigenvalue weighted by Gasteiger charge is -2.18. The molecule has 4 rings (SSSR count). The summed E-state index contributed by atoms with van der Waals surface area (Å²) < 4.78 is 33.0. The smallest absolute Gasteiger partial charge is 0.291 e. The van der Waals surface area contributed by atoms with Gasteiger partial charge in [-0.15, -0.1) is 0 Å². The van der Waals surface area contributed by atoms with Gasteiger partial charge in [0.25, 0.3) is 12.4 Å². The third-order valence-corrected chi connectivity index (χ3v) is 4.13. The molecule has 3 heterocycles. The summed E-state index contributed by atoms with van der Waals surface area (Å²) in [6, 6.07) is 6.81. The Labute approximate surface area is 130 Å². The number of para-hydroxylation sites is 1. The van der Waals surface area contributed by atoms with Gasteiger partial charge in [-0.25, -0.2) is 8.78 Å². The van der Waals surface area contributed by atoms with E-state index < -0.39 is 6.43 Å². The zero-order valence-electron chi connectivity index (χ0n) is 12.2. The summed E-state index contributed by atoms with van der Waals surface area (Å²) in [6.45, 7) is 1.81. The number of rotatable bonds is 3. The van der Waals surface area contributed by atoms with E-state index in [1.165, 1.54) is 4.68 Å². The van der Waals surface area contributed by atoms with Crippen LogP contribution in [0.25, 0.3) is 16.9 Å². The van der Waals surface area contributed by atoms with Crippen molar-refractivity contribution < 1.29 is 13.3 Å². The maximum atomic E-state index is 13.2. The lowest BCUT2D eigenvalue weighted by Crippen LogP contribution is -2.26. The first-order chi connectivity index (χ1) is 11.2. The minimum atomic E-state index is -2.66. The highest BCUT2D eigenvalue weighted by molar-refractivity contribution is 5.83. The van der Waals surface area contributed by atoms with E-state index in [2.05, 4.69) is 20.6 Å². The van der Waals surface area contributed by atoms with Gasteiger partial charge in [0.05, 0.1) is 5.52 Å². The van der Waals surface area contributed by atoms with Crippen LogP contribution in [-0.4, -0.2) is 33.0 Å². The van der Waals surface area contributed by atoms with Gasteiger partial charge in [0.2, 0.25) is 5.89 Å². The highest BCUT2D eigenvalue weighted by Crippen LogP contribution is 2.29. The van der Waals surface area contributed by atoms with E-state index in [9.17, 15) is 8.78 Å². The van der Waals surface area contributed by atoms with Gasteiger partial charge in [0.15, 0.2) is 0 Å². The van der Waals surface area contributed by atoms with Gasteiger partial charge < -0.3 is 9.84 Å². The topological polar surface area (TPSA) is 68.8 Å². The quantitative estimate of drug-likeness (QED) is 0.804. The van der Waals surface area contributed by atoms with E-state index in [0.717, 1.165) is 25.9 Å². The minimum Gasteiger partial charge on any atom is -0.337 e. The van der Waals surface area contributed by atoms with Crippen molar-refractivity contribution in [3.05, 3.63) is 35.9 Å². The van der Waals surface area contributed by atoms with Crippen LogP contribution in [0, 0.1) is 0 Å². The molecule has 2 aromatic heterocycles. The fourth-order valence-corrected chi connectivity index (χ4v) is 2.95. The highest BCUT2D eigenvalue weighted by atomic mass is 19.3. The Bertz CT molecular complexity index is 822. The fraction of sp³-hybridized carbons (Fsp3) is 0.400. The van der Waals surface area contributed by atoms with Crippen molar-refractivity contribution in [2.75, 3.05) is 13.1 Å². The minimum absolute atomic E-state index is 0.196. The molecule has 0 aliphatic carbocycles. The van der Waals surface area contributed by atoms with Crippen molar-refractivity contribution in [1.82, 2.24) is 25.2 Å². The van der Waals surface area contributed by atoms with Gasteiger partial charge in [-0.3, -0.25) is 0 Å². The number of alkyl halides is 2. The average Bonchev–Trinajstić information content (AvgIpc) is 3.20. The van der Waals surface area contributed by atoms with Crippen LogP contribution in [0.2, 0.25) is 0 Å². The van der Waals surface area contributed by atoms with Gasteiger partial charge in [-0.2, -0.15) is 14.8 Å². The molecule has 0 saturated carbocycles. The van der Waals surface area contributed by atoms with E-state index in [1.807, 2.05) is 0 Å². The molecule has 1 saturated heterocycles. The van der Waals surface area contributed by atoms with Gasteiger partial charge in [0, 0.05) is 11.3 Å². The van der Waals surface area contributed by atoms with Crippen LogP contribution in [0.3, 0.4) is 0 Å². The second kappa shape index (κ2) is 5.69. The van der Waals surface area contributed by atoms with Crippen LogP contribution in [0.15, 0.2) is 28.8 Å². The SMILES string of the molecule is FC(F)c1nn(-c2noc(C3CCNCC3)n2)c2ccccc12. The number of halogens is 2. The van der Waals surface area contributed by atoms with E-state index in [1.54, 1.807) is 24.3 Å². The Balaban J connectivity index is 1.76. The Morgan fingerprint density at radius 2 is 2.00 bits per heavy atom. The van der Waals surface area contributed by atoms with Crippen LogP contribution in [0.5, 0.6) is 0 Å². The number of aromatic nitrogens is 4. The third-order valence-electron chi connectivity index (χ3n) is 4.13. The molecule has 1 aliphatic heterocycles. The predicted octanol–water partition coefficient (Wildman–Crippen LogP) is 2.81. The van der Waals surface area contributed by atoms with Crippen LogP contribution >= 0.6 is 0 Å². The first-order valence-corrected chi connectivity index (χ1v) is 7.54. The summed E-state index contributed by atoms with van der Waals surface area (Å²) in [6.07, 6.45) is -0.815. The van der Waals surface area contributed by atoms with Crippen LogP contribution in [0.1, 0.15) is 36.8 Å². The van der Waals surface area contributed by atoms with Gasteiger partial charge >= 0.3 is 0 Å². The van der Waals surface area contributed by atoms with Gasteiger partial charge in [0.1, 0.15) is 5.69 Å². The standard InChI is InChI=1S/C15H15F2N5O/c16-13(17)12-10-3-1-2-4-11(10)22(20-12)15-19-14(23-21-15)9-5-7-18-8-6-9/h1-4,9,13,18H,5-8H2. The Morgan fingerprint density at radius 1 is 1.22 bits per heavy atom. The number of fused-ring (bicyclic) bond motifs is 1. The number of hydrogen-bond donors (Lipinski definition) is 1. The van der Waals surface area contributed by atoms with Crippen molar-refractivity contribution in [2.24, 2.45) is 0 Å².